The Hall–Kier alpha value is -2.83. The van der Waals surface area contributed by atoms with Crippen LogP contribution < -0.4 is 16.4 Å². The smallest absolute Gasteiger partial charge is 0.319 e. The SMILES string of the molecule is C[C@H](CCc1ccccc1)NC(=O)Nc1cnn(CC(N)=O)c1. The Labute approximate surface area is 134 Å². The number of primary amides is 1. The molecule has 0 unspecified atom stereocenters. The van der Waals surface area contributed by atoms with Crippen LogP contribution in [0.4, 0.5) is 10.5 Å². The first-order chi connectivity index (χ1) is 11.0. The molecule has 0 saturated heterocycles. The number of amides is 3. The molecule has 122 valence electrons. The maximum Gasteiger partial charge on any atom is 0.319 e. The van der Waals surface area contributed by atoms with E-state index < -0.39 is 5.91 Å². The van der Waals surface area contributed by atoms with E-state index in [0.29, 0.717) is 5.69 Å². The summed E-state index contributed by atoms with van der Waals surface area (Å²) >= 11 is 0. The van der Waals surface area contributed by atoms with Gasteiger partial charge in [0.05, 0.1) is 11.9 Å². The molecular weight excluding hydrogens is 294 g/mol. The second kappa shape index (κ2) is 7.98. The van der Waals surface area contributed by atoms with Gasteiger partial charge in [-0.15, -0.1) is 0 Å². The lowest BCUT2D eigenvalue weighted by atomic mass is 10.1. The van der Waals surface area contributed by atoms with Crippen molar-refractivity contribution in [2.75, 3.05) is 5.32 Å². The fourth-order valence-corrected chi connectivity index (χ4v) is 2.17. The highest BCUT2D eigenvalue weighted by Crippen LogP contribution is 2.07. The van der Waals surface area contributed by atoms with E-state index >= 15 is 0 Å². The number of aromatic nitrogens is 2. The van der Waals surface area contributed by atoms with Gasteiger partial charge in [-0.2, -0.15) is 5.10 Å². The molecule has 0 aliphatic carbocycles. The van der Waals surface area contributed by atoms with Crippen molar-refractivity contribution >= 4 is 17.6 Å². The van der Waals surface area contributed by atoms with E-state index in [4.69, 9.17) is 5.73 Å². The summed E-state index contributed by atoms with van der Waals surface area (Å²) in [4.78, 5) is 22.7. The van der Waals surface area contributed by atoms with Gasteiger partial charge in [0.1, 0.15) is 6.54 Å². The van der Waals surface area contributed by atoms with Gasteiger partial charge in [-0.1, -0.05) is 30.3 Å². The van der Waals surface area contributed by atoms with Crippen LogP contribution in [-0.2, 0) is 17.8 Å². The number of carbonyl (C=O) groups excluding carboxylic acids is 2. The summed E-state index contributed by atoms with van der Waals surface area (Å²) in [5.41, 5.74) is 6.84. The van der Waals surface area contributed by atoms with Gasteiger partial charge in [0.25, 0.3) is 0 Å². The Morgan fingerprint density at radius 2 is 2.04 bits per heavy atom. The van der Waals surface area contributed by atoms with Crippen LogP contribution in [-0.4, -0.2) is 27.8 Å². The van der Waals surface area contributed by atoms with Gasteiger partial charge in [-0.25, -0.2) is 4.79 Å². The molecule has 7 heteroatoms. The summed E-state index contributed by atoms with van der Waals surface area (Å²) in [6.07, 6.45) is 4.77. The van der Waals surface area contributed by atoms with E-state index in [0.717, 1.165) is 12.8 Å². The lowest BCUT2D eigenvalue weighted by Crippen LogP contribution is -2.36. The zero-order valence-electron chi connectivity index (χ0n) is 13.0. The van der Waals surface area contributed by atoms with Gasteiger partial charge < -0.3 is 16.4 Å². The standard InChI is InChI=1S/C16H21N5O2/c1-12(7-8-13-5-3-2-4-6-13)19-16(23)20-14-9-18-21(10-14)11-15(17)22/h2-6,9-10,12H,7-8,11H2,1H3,(H2,17,22)(H2,19,20,23)/t12-/m1/s1. The Kier molecular flexibility index (Phi) is 5.74. The average Bonchev–Trinajstić information content (AvgIpc) is 2.92. The number of rotatable bonds is 7. The van der Waals surface area contributed by atoms with Crippen molar-refractivity contribution < 1.29 is 9.59 Å². The normalized spacial score (nSPS) is 11.7. The maximum absolute atomic E-state index is 11.9. The molecular formula is C16H21N5O2. The molecule has 0 bridgehead atoms. The van der Waals surface area contributed by atoms with Crippen molar-refractivity contribution in [3.05, 3.63) is 48.3 Å². The third kappa shape index (κ3) is 5.82. The van der Waals surface area contributed by atoms with Crippen LogP contribution in [0.5, 0.6) is 0 Å². The van der Waals surface area contributed by atoms with Gasteiger partial charge in [-0.3, -0.25) is 9.48 Å². The van der Waals surface area contributed by atoms with Crippen molar-refractivity contribution in [1.82, 2.24) is 15.1 Å². The first-order valence-electron chi connectivity index (χ1n) is 7.45. The third-order valence-electron chi connectivity index (χ3n) is 3.30. The van der Waals surface area contributed by atoms with E-state index in [1.54, 1.807) is 6.20 Å². The van der Waals surface area contributed by atoms with E-state index in [1.807, 2.05) is 25.1 Å². The molecule has 0 radical (unpaired) electrons. The molecule has 1 atom stereocenters. The van der Waals surface area contributed by atoms with Crippen LogP contribution in [0, 0.1) is 0 Å². The van der Waals surface area contributed by atoms with E-state index in [9.17, 15) is 9.59 Å². The monoisotopic (exact) mass is 315 g/mol. The fourth-order valence-electron chi connectivity index (χ4n) is 2.17. The van der Waals surface area contributed by atoms with Gasteiger partial charge in [-0.05, 0) is 25.3 Å². The number of hydrogen-bond donors (Lipinski definition) is 3. The number of benzene rings is 1. The minimum Gasteiger partial charge on any atom is -0.368 e. The molecule has 1 aromatic heterocycles. The number of carbonyl (C=O) groups is 2. The lowest BCUT2D eigenvalue weighted by molar-refractivity contribution is -0.118. The number of anilines is 1. The molecule has 2 rings (SSSR count). The summed E-state index contributed by atoms with van der Waals surface area (Å²) in [7, 11) is 0. The number of nitrogens with zero attached hydrogens (tertiary/aromatic N) is 2. The second-order valence-corrected chi connectivity index (χ2v) is 5.42. The lowest BCUT2D eigenvalue weighted by Gasteiger charge is -2.14. The van der Waals surface area contributed by atoms with Crippen molar-refractivity contribution in [2.45, 2.75) is 32.4 Å². The number of urea groups is 1. The predicted octanol–water partition coefficient (Wildman–Crippen LogP) is 1.51. The van der Waals surface area contributed by atoms with Crippen LogP contribution in [0.2, 0.25) is 0 Å². The highest BCUT2D eigenvalue weighted by atomic mass is 16.2. The Morgan fingerprint density at radius 1 is 1.30 bits per heavy atom. The fraction of sp³-hybridized carbons (Fsp3) is 0.312. The van der Waals surface area contributed by atoms with Crippen LogP contribution >= 0.6 is 0 Å². The van der Waals surface area contributed by atoms with Crippen molar-refractivity contribution in [1.29, 1.82) is 0 Å². The summed E-state index contributed by atoms with van der Waals surface area (Å²) in [6, 6.07) is 9.87. The van der Waals surface area contributed by atoms with E-state index in [2.05, 4.69) is 27.9 Å². The van der Waals surface area contributed by atoms with Gasteiger partial charge in [0, 0.05) is 12.2 Å². The largest absolute Gasteiger partial charge is 0.368 e. The Balaban J connectivity index is 1.75. The van der Waals surface area contributed by atoms with E-state index in [-0.39, 0.29) is 18.6 Å². The minimum absolute atomic E-state index is 0.0171. The molecule has 4 N–H and O–H groups in total. The molecule has 7 nitrogen and oxygen atoms in total. The van der Waals surface area contributed by atoms with Crippen LogP contribution in [0.1, 0.15) is 18.9 Å². The molecule has 0 aliphatic rings. The molecule has 0 spiro atoms. The molecule has 3 amide bonds. The summed E-state index contributed by atoms with van der Waals surface area (Å²) < 4.78 is 1.37. The van der Waals surface area contributed by atoms with Crippen LogP contribution in [0.25, 0.3) is 0 Å². The topological polar surface area (TPSA) is 102 Å². The zero-order chi connectivity index (χ0) is 16.7. The molecule has 1 aromatic carbocycles. The third-order valence-corrected chi connectivity index (χ3v) is 3.30. The highest BCUT2D eigenvalue weighted by Gasteiger charge is 2.09. The summed E-state index contributed by atoms with van der Waals surface area (Å²) in [5, 5.41) is 9.49. The molecule has 0 saturated carbocycles. The van der Waals surface area contributed by atoms with Crippen LogP contribution in [0.15, 0.2) is 42.7 Å². The quantitative estimate of drug-likeness (QED) is 0.721. The second-order valence-electron chi connectivity index (χ2n) is 5.42. The Bertz CT molecular complexity index is 654. The predicted molar refractivity (Wildman–Crippen MR) is 87.8 cm³/mol. The molecule has 1 heterocycles. The van der Waals surface area contributed by atoms with Gasteiger partial charge in [0.2, 0.25) is 5.91 Å². The molecule has 0 fully saturated rings. The minimum atomic E-state index is -0.487. The first-order valence-corrected chi connectivity index (χ1v) is 7.45. The maximum atomic E-state index is 11.9. The number of hydrogen-bond acceptors (Lipinski definition) is 3. The summed E-state index contributed by atoms with van der Waals surface area (Å²) in [5.74, 6) is -0.487. The van der Waals surface area contributed by atoms with Crippen LogP contribution in [0.3, 0.4) is 0 Å². The molecule has 23 heavy (non-hydrogen) atoms. The first kappa shape index (κ1) is 16.5. The highest BCUT2D eigenvalue weighted by molar-refractivity contribution is 5.89. The average molecular weight is 315 g/mol. The number of nitrogens with one attached hydrogen (secondary N) is 2. The van der Waals surface area contributed by atoms with E-state index in [1.165, 1.54) is 16.4 Å². The summed E-state index contributed by atoms with van der Waals surface area (Å²) in [6.45, 7) is 1.94. The van der Waals surface area contributed by atoms with Gasteiger partial charge in [0.15, 0.2) is 0 Å². The van der Waals surface area contributed by atoms with Crippen molar-refractivity contribution in [3.63, 3.8) is 0 Å². The van der Waals surface area contributed by atoms with Crippen molar-refractivity contribution in [3.8, 4) is 0 Å². The molecule has 2 aromatic rings. The Morgan fingerprint density at radius 3 is 2.74 bits per heavy atom. The number of nitrogens with two attached hydrogens (primary N) is 1. The van der Waals surface area contributed by atoms with Gasteiger partial charge >= 0.3 is 6.03 Å². The zero-order valence-corrected chi connectivity index (χ0v) is 13.0. The number of aryl methyl sites for hydroxylation is 1. The molecule has 0 aliphatic heterocycles. The van der Waals surface area contributed by atoms with Crippen molar-refractivity contribution in [2.24, 2.45) is 5.73 Å².